The van der Waals surface area contributed by atoms with Crippen LogP contribution in [0.2, 0.25) is 0 Å². The Hall–Kier alpha value is -0.300. The van der Waals surface area contributed by atoms with E-state index in [1.54, 1.807) is 0 Å². The fourth-order valence-electron chi connectivity index (χ4n) is 2.27. The molecular weight excluding hydrogens is 244 g/mol. The Morgan fingerprint density at radius 3 is 1.65 bits per heavy atom. The minimum Gasteiger partial charge on any atom is -0.381 e. The van der Waals surface area contributed by atoms with Crippen LogP contribution in [0.1, 0.15) is 97.3 Å². The molecule has 0 bridgehead atoms. The minimum absolute atomic E-state index is 0.956. The molecule has 0 fully saturated rings. The molecule has 0 N–H and O–H groups in total. The maximum atomic E-state index is 5.56. The molecule has 0 aliphatic rings. The lowest BCUT2D eigenvalue weighted by Crippen LogP contribution is -1.96. The van der Waals surface area contributed by atoms with Crippen LogP contribution in [0.3, 0.4) is 0 Å². The van der Waals surface area contributed by atoms with Crippen LogP contribution >= 0.6 is 0 Å². The summed E-state index contributed by atoms with van der Waals surface area (Å²) in [5.41, 5.74) is 0. The van der Waals surface area contributed by atoms with Crippen LogP contribution < -0.4 is 0 Å². The lowest BCUT2D eigenvalue weighted by Gasteiger charge is -2.02. The molecule has 0 aliphatic carbocycles. The van der Waals surface area contributed by atoms with Gasteiger partial charge in [0.2, 0.25) is 0 Å². The lowest BCUT2D eigenvalue weighted by molar-refractivity contribution is 0.127. The van der Waals surface area contributed by atoms with Crippen molar-refractivity contribution < 1.29 is 4.74 Å². The van der Waals surface area contributed by atoms with Gasteiger partial charge in [-0.3, -0.25) is 0 Å². The van der Waals surface area contributed by atoms with Crippen LogP contribution in [-0.2, 0) is 4.74 Å². The molecule has 0 heterocycles. The maximum Gasteiger partial charge on any atom is 0.0466 e. The molecule has 0 aromatic heterocycles. The van der Waals surface area contributed by atoms with Gasteiger partial charge in [-0.2, -0.15) is 0 Å². The van der Waals surface area contributed by atoms with E-state index in [9.17, 15) is 0 Å². The lowest BCUT2D eigenvalue weighted by atomic mass is 10.1. The SMILES string of the molecule is CCCCCCC/C=C\CCCCCCOCCCC. The second-order valence-corrected chi connectivity index (χ2v) is 5.84. The van der Waals surface area contributed by atoms with Crippen molar-refractivity contribution in [2.75, 3.05) is 13.2 Å². The number of allylic oxidation sites excluding steroid dienone is 2. The van der Waals surface area contributed by atoms with E-state index < -0.39 is 0 Å². The van der Waals surface area contributed by atoms with E-state index in [2.05, 4.69) is 26.0 Å². The summed E-state index contributed by atoms with van der Waals surface area (Å²) < 4.78 is 5.56. The van der Waals surface area contributed by atoms with Crippen molar-refractivity contribution in [2.45, 2.75) is 97.3 Å². The molecule has 0 rings (SSSR count). The molecule has 0 aliphatic heterocycles. The van der Waals surface area contributed by atoms with E-state index in [1.807, 2.05) is 0 Å². The van der Waals surface area contributed by atoms with Gasteiger partial charge in [-0.25, -0.2) is 0 Å². The summed E-state index contributed by atoms with van der Waals surface area (Å²) in [6, 6.07) is 0. The minimum atomic E-state index is 0.956. The molecular formula is C19H38O. The van der Waals surface area contributed by atoms with Crippen LogP contribution in [0, 0.1) is 0 Å². The van der Waals surface area contributed by atoms with E-state index in [1.165, 1.54) is 83.5 Å². The Kier molecular flexibility index (Phi) is 18.4. The molecule has 0 atom stereocenters. The Morgan fingerprint density at radius 2 is 1.05 bits per heavy atom. The molecule has 0 radical (unpaired) electrons. The van der Waals surface area contributed by atoms with E-state index in [-0.39, 0.29) is 0 Å². The molecule has 0 spiro atoms. The molecule has 120 valence electrons. The van der Waals surface area contributed by atoms with Crippen molar-refractivity contribution in [3.63, 3.8) is 0 Å². The summed E-state index contributed by atoms with van der Waals surface area (Å²) in [5, 5.41) is 0. The number of ether oxygens (including phenoxy) is 1. The third-order valence-corrected chi connectivity index (χ3v) is 3.69. The Labute approximate surface area is 128 Å². The maximum absolute atomic E-state index is 5.56. The van der Waals surface area contributed by atoms with Crippen LogP contribution in [0.5, 0.6) is 0 Å². The van der Waals surface area contributed by atoms with Crippen molar-refractivity contribution in [2.24, 2.45) is 0 Å². The second-order valence-electron chi connectivity index (χ2n) is 5.84. The van der Waals surface area contributed by atoms with Crippen LogP contribution in [0.15, 0.2) is 12.2 Å². The zero-order valence-electron chi connectivity index (χ0n) is 14.2. The fraction of sp³-hybridized carbons (Fsp3) is 0.895. The van der Waals surface area contributed by atoms with Crippen molar-refractivity contribution in [1.82, 2.24) is 0 Å². The van der Waals surface area contributed by atoms with Gasteiger partial charge in [0.25, 0.3) is 0 Å². The van der Waals surface area contributed by atoms with E-state index in [0.717, 1.165) is 13.2 Å². The zero-order chi connectivity index (χ0) is 14.7. The van der Waals surface area contributed by atoms with Crippen molar-refractivity contribution in [3.8, 4) is 0 Å². The summed E-state index contributed by atoms with van der Waals surface area (Å²) >= 11 is 0. The molecule has 1 nitrogen and oxygen atoms in total. The van der Waals surface area contributed by atoms with Gasteiger partial charge in [0, 0.05) is 13.2 Å². The standard InChI is InChI=1S/C19H38O/c1-3-5-7-8-9-10-11-12-13-14-15-16-17-19-20-18-6-4-2/h11-12H,3-10,13-19H2,1-2H3/b12-11-. The molecule has 0 aromatic rings. The first kappa shape index (κ1) is 19.7. The number of rotatable bonds is 16. The Balaban J connectivity index is 3.01. The van der Waals surface area contributed by atoms with E-state index >= 15 is 0 Å². The molecule has 0 amide bonds. The predicted molar refractivity (Wildman–Crippen MR) is 91.3 cm³/mol. The van der Waals surface area contributed by atoms with Crippen molar-refractivity contribution >= 4 is 0 Å². The van der Waals surface area contributed by atoms with Gasteiger partial charge in [0.1, 0.15) is 0 Å². The van der Waals surface area contributed by atoms with Gasteiger partial charge >= 0.3 is 0 Å². The summed E-state index contributed by atoms with van der Waals surface area (Å²) in [7, 11) is 0. The number of unbranched alkanes of at least 4 members (excludes halogenated alkanes) is 10. The third kappa shape index (κ3) is 17.7. The van der Waals surface area contributed by atoms with Crippen LogP contribution in [0.25, 0.3) is 0 Å². The van der Waals surface area contributed by atoms with Gasteiger partial charge in [0.05, 0.1) is 0 Å². The van der Waals surface area contributed by atoms with E-state index in [4.69, 9.17) is 4.74 Å². The van der Waals surface area contributed by atoms with Gasteiger partial charge in [-0.1, -0.05) is 70.9 Å². The summed E-state index contributed by atoms with van der Waals surface area (Å²) in [6.07, 6.45) is 22.0. The average Bonchev–Trinajstić information content (AvgIpc) is 2.47. The summed E-state index contributed by atoms with van der Waals surface area (Å²) in [4.78, 5) is 0. The quantitative estimate of drug-likeness (QED) is 0.227. The van der Waals surface area contributed by atoms with Crippen LogP contribution in [-0.4, -0.2) is 13.2 Å². The first-order chi connectivity index (χ1) is 9.91. The molecule has 20 heavy (non-hydrogen) atoms. The number of hydrogen-bond acceptors (Lipinski definition) is 1. The highest BCUT2D eigenvalue weighted by Crippen LogP contribution is 2.07. The Bertz CT molecular complexity index is 186. The van der Waals surface area contributed by atoms with Gasteiger partial charge in [-0.05, 0) is 38.5 Å². The fourth-order valence-corrected chi connectivity index (χ4v) is 2.27. The summed E-state index contributed by atoms with van der Waals surface area (Å²) in [6.45, 7) is 6.41. The largest absolute Gasteiger partial charge is 0.381 e. The van der Waals surface area contributed by atoms with Gasteiger partial charge in [0.15, 0.2) is 0 Å². The highest BCUT2D eigenvalue weighted by atomic mass is 16.5. The monoisotopic (exact) mass is 282 g/mol. The Morgan fingerprint density at radius 1 is 0.550 bits per heavy atom. The van der Waals surface area contributed by atoms with Gasteiger partial charge < -0.3 is 4.74 Å². The summed E-state index contributed by atoms with van der Waals surface area (Å²) in [5.74, 6) is 0. The molecule has 1 heteroatoms. The highest BCUT2D eigenvalue weighted by molar-refractivity contribution is 4.81. The molecule has 0 aromatic carbocycles. The molecule has 0 saturated heterocycles. The average molecular weight is 283 g/mol. The van der Waals surface area contributed by atoms with Crippen molar-refractivity contribution in [1.29, 1.82) is 0 Å². The molecule has 0 saturated carbocycles. The van der Waals surface area contributed by atoms with E-state index in [0.29, 0.717) is 0 Å². The van der Waals surface area contributed by atoms with Crippen molar-refractivity contribution in [3.05, 3.63) is 12.2 Å². The zero-order valence-corrected chi connectivity index (χ0v) is 14.2. The van der Waals surface area contributed by atoms with Crippen LogP contribution in [0.4, 0.5) is 0 Å². The van der Waals surface area contributed by atoms with Gasteiger partial charge in [-0.15, -0.1) is 0 Å². The topological polar surface area (TPSA) is 9.23 Å². The normalized spacial score (nSPS) is 11.5. The first-order valence-corrected chi connectivity index (χ1v) is 9.14. The first-order valence-electron chi connectivity index (χ1n) is 9.14. The second kappa shape index (κ2) is 18.7. The predicted octanol–water partition coefficient (Wildman–Crippen LogP) is 6.67. The highest BCUT2D eigenvalue weighted by Gasteiger charge is 1.91. The smallest absolute Gasteiger partial charge is 0.0466 e. The number of hydrogen-bond donors (Lipinski definition) is 0. The molecule has 0 unspecified atom stereocenters. The third-order valence-electron chi connectivity index (χ3n) is 3.69.